The first-order valence-corrected chi connectivity index (χ1v) is 9.42. The molecule has 162 valence electrons. The van der Waals surface area contributed by atoms with Gasteiger partial charge in [0.05, 0.1) is 37.9 Å². The fourth-order valence-corrected chi connectivity index (χ4v) is 2.67. The molecule has 0 heterocycles. The molecule has 1 saturated carbocycles. The van der Waals surface area contributed by atoms with E-state index in [9.17, 15) is 24.0 Å². The largest absolute Gasteiger partial charge is 0.481 e. The maximum atomic E-state index is 11.8. The predicted molar refractivity (Wildman–Crippen MR) is 95.9 cm³/mol. The van der Waals surface area contributed by atoms with E-state index in [0.717, 1.165) is 6.08 Å². The fourth-order valence-electron chi connectivity index (χ4n) is 2.67. The number of unbranched alkanes of at least 4 members (excludes halogenated alkanes) is 1. The first-order chi connectivity index (χ1) is 13.8. The third-order valence-electron chi connectivity index (χ3n) is 4.37. The van der Waals surface area contributed by atoms with Crippen molar-refractivity contribution in [2.75, 3.05) is 13.2 Å². The minimum atomic E-state index is -0.883. The molecule has 10 nitrogen and oxygen atoms in total. The normalized spacial score (nSPS) is 18.2. The van der Waals surface area contributed by atoms with E-state index in [2.05, 4.69) is 16.4 Å². The molecule has 0 aliphatic heterocycles. The number of carboxylic acid groups (broad SMARTS) is 1. The summed E-state index contributed by atoms with van der Waals surface area (Å²) < 4.78 is 9.67. The van der Waals surface area contributed by atoms with Crippen LogP contribution in [0.3, 0.4) is 0 Å². The van der Waals surface area contributed by atoms with Gasteiger partial charge in [-0.3, -0.25) is 9.59 Å². The van der Waals surface area contributed by atoms with Crippen molar-refractivity contribution in [2.45, 2.75) is 51.4 Å². The monoisotopic (exact) mass is 414 g/mol. The van der Waals surface area contributed by atoms with Gasteiger partial charge in [0, 0.05) is 6.08 Å². The van der Waals surface area contributed by atoms with E-state index in [1.807, 2.05) is 0 Å². The highest BCUT2D eigenvalue weighted by atomic mass is 17.2. The van der Waals surface area contributed by atoms with Crippen LogP contribution in [0.4, 0.5) is 0 Å². The Hall–Kier alpha value is -2.91. The quantitative estimate of drug-likeness (QED) is 0.174. The second-order valence-electron chi connectivity index (χ2n) is 6.54. The second-order valence-corrected chi connectivity index (χ2v) is 6.54. The van der Waals surface area contributed by atoms with Crippen molar-refractivity contribution >= 4 is 29.8 Å². The Morgan fingerprint density at radius 1 is 0.828 bits per heavy atom. The molecule has 0 amide bonds. The Labute approximate surface area is 168 Å². The second kappa shape index (κ2) is 13.3. The summed E-state index contributed by atoms with van der Waals surface area (Å²) in [6.45, 7) is 3.57. The first kappa shape index (κ1) is 24.1. The molecule has 0 saturated heterocycles. The molecular formula is C19H26O10. The number of ether oxygens (including phenoxy) is 2. The summed E-state index contributed by atoms with van der Waals surface area (Å²) in [5, 5.41) is 8.92. The summed E-state index contributed by atoms with van der Waals surface area (Å²) in [7, 11) is 0. The van der Waals surface area contributed by atoms with E-state index in [0.29, 0.717) is 38.5 Å². The molecule has 0 aromatic heterocycles. The number of aliphatic carboxylic acids is 1. The summed E-state index contributed by atoms with van der Waals surface area (Å²) in [5.41, 5.74) is 0. The molecule has 0 spiro atoms. The number of carbonyl (C=O) groups excluding carboxylic acids is 4. The van der Waals surface area contributed by atoms with Crippen molar-refractivity contribution in [3.05, 3.63) is 12.7 Å². The van der Waals surface area contributed by atoms with Crippen LogP contribution in [0, 0.1) is 11.8 Å². The summed E-state index contributed by atoms with van der Waals surface area (Å²) >= 11 is 0. The first-order valence-electron chi connectivity index (χ1n) is 9.42. The maximum absolute atomic E-state index is 11.8. The van der Waals surface area contributed by atoms with Gasteiger partial charge in [0.15, 0.2) is 0 Å². The molecule has 1 rings (SSSR count). The number of carbonyl (C=O) groups is 5. The van der Waals surface area contributed by atoms with Gasteiger partial charge in [-0.15, -0.1) is 0 Å². The highest BCUT2D eigenvalue weighted by Gasteiger charge is 2.31. The topological polar surface area (TPSA) is 142 Å². The third-order valence-corrected chi connectivity index (χ3v) is 4.37. The number of esters is 2. The van der Waals surface area contributed by atoms with Gasteiger partial charge in [-0.05, 0) is 38.5 Å². The van der Waals surface area contributed by atoms with Crippen LogP contribution < -0.4 is 0 Å². The Morgan fingerprint density at radius 2 is 1.38 bits per heavy atom. The van der Waals surface area contributed by atoms with Crippen LogP contribution in [0.15, 0.2) is 12.7 Å². The minimum absolute atomic E-state index is 0.119. The molecule has 0 radical (unpaired) electrons. The van der Waals surface area contributed by atoms with Crippen molar-refractivity contribution in [3.63, 3.8) is 0 Å². The van der Waals surface area contributed by atoms with Crippen LogP contribution in [0.2, 0.25) is 0 Å². The molecule has 1 aliphatic rings. The molecule has 1 aliphatic carbocycles. The molecule has 0 bridgehead atoms. The summed E-state index contributed by atoms with van der Waals surface area (Å²) in [6, 6.07) is 0. The van der Waals surface area contributed by atoms with Gasteiger partial charge in [0.1, 0.15) is 0 Å². The molecular weight excluding hydrogens is 388 g/mol. The summed E-state index contributed by atoms with van der Waals surface area (Å²) in [5.74, 6) is -4.58. The zero-order valence-electron chi connectivity index (χ0n) is 16.1. The average molecular weight is 414 g/mol. The van der Waals surface area contributed by atoms with E-state index in [-0.39, 0.29) is 26.1 Å². The van der Waals surface area contributed by atoms with Gasteiger partial charge in [-0.25, -0.2) is 24.2 Å². The molecule has 10 heteroatoms. The fraction of sp³-hybridized carbons (Fsp3) is 0.632. The van der Waals surface area contributed by atoms with Crippen molar-refractivity contribution in [2.24, 2.45) is 11.8 Å². The summed E-state index contributed by atoms with van der Waals surface area (Å²) in [4.78, 5) is 65.5. The van der Waals surface area contributed by atoms with Gasteiger partial charge in [-0.1, -0.05) is 6.58 Å². The smallest absolute Gasteiger partial charge is 0.358 e. The molecule has 0 aromatic rings. The Morgan fingerprint density at radius 3 is 1.97 bits per heavy atom. The van der Waals surface area contributed by atoms with Crippen molar-refractivity contribution < 1.29 is 48.3 Å². The zero-order chi connectivity index (χ0) is 21.6. The molecule has 0 aromatic carbocycles. The van der Waals surface area contributed by atoms with Crippen LogP contribution in [0.5, 0.6) is 0 Å². The Bertz CT molecular complexity index is 604. The third kappa shape index (κ3) is 10.3. The van der Waals surface area contributed by atoms with Gasteiger partial charge in [-0.2, -0.15) is 0 Å². The Balaban J connectivity index is 2.07. The van der Waals surface area contributed by atoms with Gasteiger partial charge >= 0.3 is 29.8 Å². The molecule has 1 fully saturated rings. The number of hydrogen-bond donors (Lipinski definition) is 1. The van der Waals surface area contributed by atoms with E-state index in [1.165, 1.54) is 0 Å². The lowest BCUT2D eigenvalue weighted by molar-refractivity contribution is -0.263. The van der Waals surface area contributed by atoms with Crippen LogP contribution in [-0.2, 0) is 43.2 Å². The predicted octanol–water partition coefficient (Wildman–Crippen LogP) is 1.71. The lowest BCUT2D eigenvalue weighted by Gasteiger charge is -2.23. The van der Waals surface area contributed by atoms with Crippen LogP contribution in [0.1, 0.15) is 51.4 Å². The number of carboxylic acids is 1. The summed E-state index contributed by atoms with van der Waals surface area (Å²) in [6.07, 6.45) is 2.96. The Kier molecular flexibility index (Phi) is 11.1. The average Bonchev–Trinajstić information content (AvgIpc) is 2.72. The number of rotatable bonds is 11. The van der Waals surface area contributed by atoms with Crippen molar-refractivity contribution in [1.82, 2.24) is 0 Å². The lowest BCUT2D eigenvalue weighted by Crippen LogP contribution is -2.27. The number of hydrogen-bond acceptors (Lipinski definition) is 9. The van der Waals surface area contributed by atoms with Gasteiger partial charge in [0.25, 0.3) is 0 Å². The zero-order valence-corrected chi connectivity index (χ0v) is 16.1. The molecule has 0 unspecified atom stereocenters. The van der Waals surface area contributed by atoms with Gasteiger partial charge in [0.2, 0.25) is 0 Å². The standard InChI is InChI=1S/C19H26O10/c1-2-15(20)26-11-3-4-12-27-16(21)9-10-17(22)28-29-19(25)14-7-5-13(6-8-14)18(23)24/h2,13-14H,1,3-12H2,(H,23,24)/t13-,14-. The minimum Gasteiger partial charge on any atom is -0.481 e. The van der Waals surface area contributed by atoms with Crippen LogP contribution in [-0.4, -0.2) is 48.2 Å². The van der Waals surface area contributed by atoms with E-state index >= 15 is 0 Å². The highest BCUT2D eigenvalue weighted by Crippen LogP contribution is 2.29. The highest BCUT2D eigenvalue weighted by molar-refractivity contribution is 5.81. The van der Waals surface area contributed by atoms with Gasteiger partial charge < -0.3 is 14.6 Å². The molecule has 1 N–H and O–H groups in total. The SMILES string of the molecule is C=CC(=O)OCCCCOC(=O)CCC(=O)OOC(=O)[C@H]1CC[C@H](C(=O)O)CC1. The van der Waals surface area contributed by atoms with Crippen molar-refractivity contribution in [3.8, 4) is 0 Å². The maximum Gasteiger partial charge on any atom is 0.358 e. The lowest BCUT2D eigenvalue weighted by atomic mass is 9.82. The van der Waals surface area contributed by atoms with Crippen LogP contribution >= 0.6 is 0 Å². The molecule has 0 atom stereocenters. The van der Waals surface area contributed by atoms with Crippen LogP contribution in [0.25, 0.3) is 0 Å². The van der Waals surface area contributed by atoms with E-state index in [1.54, 1.807) is 0 Å². The molecule has 29 heavy (non-hydrogen) atoms. The van der Waals surface area contributed by atoms with E-state index < -0.39 is 41.7 Å². The van der Waals surface area contributed by atoms with E-state index in [4.69, 9.17) is 14.6 Å². The van der Waals surface area contributed by atoms with Crippen molar-refractivity contribution in [1.29, 1.82) is 0 Å².